The molecule has 0 saturated carbocycles. The van der Waals surface area contributed by atoms with E-state index in [1.165, 1.54) is 10.9 Å². The van der Waals surface area contributed by atoms with Crippen LogP contribution in [0.25, 0.3) is 10.9 Å². The summed E-state index contributed by atoms with van der Waals surface area (Å²) in [5, 5.41) is 12.6. The molecule has 0 unspecified atom stereocenters. The van der Waals surface area contributed by atoms with Crippen molar-refractivity contribution in [1.29, 1.82) is 0 Å². The number of aromatic nitrogens is 2. The Kier molecular flexibility index (Phi) is 4.62. The number of para-hydroxylation sites is 1. The zero-order chi connectivity index (χ0) is 15.4. The molecule has 22 heavy (non-hydrogen) atoms. The summed E-state index contributed by atoms with van der Waals surface area (Å²) in [4.78, 5) is 17.6. The Bertz CT molecular complexity index is 799. The lowest BCUT2D eigenvalue weighted by molar-refractivity contribution is 0.0207. The molecule has 0 aliphatic rings. The van der Waals surface area contributed by atoms with Crippen LogP contribution in [0.1, 0.15) is 4.88 Å². The number of nitrogens with zero attached hydrogens (tertiary/aromatic N) is 2. The molecule has 114 valence electrons. The number of aliphatic hydroxyl groups excluding tert-OH is 1. The summed E-state index contributed by atoms with van der Waals surface area (Å²) >= 11 is 1.61. The Balaban J connectivity index is 1.62. The van der Waals surface area contributed by atoms with Gasteiger partial charge >= 0.3 is 0 Å². The molecule has 0 saturated heterocycles. The number of benzene rings is 1. The predicted molar refractivity (Wildman–Crippen MR) is 86.0 cm³/mol. The Hall–Kier alpha value is -2.02. The molecule has 5 nitrogen and oxygen atoms in total. The minimum atomic E-state index is -0.749. The Morgan fingerprint density at radius 3 is 2.95 bits per heavy atom. The molecule has 0 aliphatic heterocycles. The summed E-state index contributed by atoms with van der Waals surface area (Å²) in [5.41, 5.74) is 0.509. The van der Waals surface area contributed by atoms with Gasteiger partial charge < -0.3 is 9.84 Å². The molecule has 1 aromatic carbocycles. The van der Waals surface area contributed by atoms with Crippen molar-refractivity contribution in [2.75, 3.05) is 6.61 Å². The van der Waals surface area contributed by atoms with Crippen LogP contribution in [0.4, 0.5) is 0 Å². The Morgan fingerprint density at radius 2 is 2.14 bits per heavy atom. The van der Waals surface area contributed by atoms with Gasteiger partial charge in [-0.25, -0.2) is 4.98 Å². The van der Waals surface area contributed by atoms with Crippen LogP contribution in [0.15, 0.2) is 52.9 Å². The molecule has 3 aromatic rings. The molecule has 0 aliphatic carbocycles. The first-order chi connectivity index (χ1) is 10.7. The van der Waals surface area contributed by atoms with E-state index in [1.807, 2.05) is 23.6 Å². The quantitative estimate of drug-likeness (QED) is 0.756. The van der Waals surface area contributed by atoms with Crippen molar-refractivity contribution in [1.82, 2.24) is 9.55 Å². The fourth-order valence-electron chi connectivity index (χ4n) is 2.21. The lowest BCUT2D eigenvalue weighted by Gasteiger charge is -2.13. The van der Waals surface area contributed by atoms with Crippen LogP contribution in [0.5, 0.6) is 0 Å². The molecular weight excluding hydrogens is 300 g/mol. The van der Waals surface area contributed by atoms with Gasteiger partial charge in [-0.1, -0.05) is 18.2 Å². The second-order valence-electron chi connectivity index (χ2n) is 4.97. The highest BCUT2D eigenvalue weighted by Crippen LogP contribution is 2.10. The number of hydrogen-bond donors (Lipinski definition) is 1. The standard InChI is InChI=1S/C16H16N2O3S/c19-12(9-21-10-13-4-3-7-22-13)8-18-11-17-15-6-2-1-5-14(15)16(18)20/h1-7,11-12,19H,8-10H2/t12-/m1/s1. The molecule has 3 rings (SSSR count). The first kappa shape index (κ1) is 14.9. The third-order valence-corrected chi connectivity index (χ3v) is 4.12. The third kappa shape index (κ3) is 3.41. The van der Waals surface area contributed by atoms with E-state index in [4.69, 9.17) is 4.74 Å². The van der Waals surface area contributed by atoms with E-state index in [9.17, 15) is 9.90 Å². The van der Waals surface area contributed by atoms with Crippen molar-refractivity contribution in [2.24, 2.45) is 0 Å². The summed E-state index contributed by atoms with van der Waals surface area (Å²) in [6.07, 6.45) is 0.716. The number of ether oxygens (including phenoxy) is 1. The average molecular weight is 316 g/mol. The van der Waals surface area contributed by atoms with Crippen molar-refractivity contribution < 1.29 is 9.84 Å². The zero-order valence-electron chi connectivity index (χ0n) is 11.9. The van der Waals surface area contributed by atoms with Gasteiger partial charge in [0.2, 0.25) is 0 Å². The van der Waals surface area contributed by atoms with Gasteiger partial charge in [0.25, 0.3) is 5.56 Å². The molecule has 0 bridgehead atoms. The van der Waals surface area contributed by atoms with Gasteiger partial charge in [-0.05, 0) is 23.6 Å². The van der Waals surface area contributed by atoms with Gasteiger partial charge in [-0.3, -0.25) is 9.36 Å². The summed E-state index contributed by atoms with van der Waals surface area (Å²) in [5.74, 6) is 0. The smallest absolute Gasteiger partial charge is 0.261 e. The van der Waals surface area contributed by atoms with Crippen LogP contribution in [-0.4, -0.2) is 27.4 Å². The number of aliphatic hydroxyl groups is 1. The molecule has 0 amide bonds. The number of fused-ring (bicyclic) bond motifs is 1. The second kappa shape index (κ2) is 6.83. The van der Waals surface area contributed by atoms with Crippen LogP contribution in [0.3, 0.4) is 0 Å². The van der Waals surface area contributed by atoms with E-state index in [0.29, 0.717) is 17.5 Å². The van der Waals surface area contributed by atoms with Gasteiger partial charge in [-0.15, -0.1) is 11.3 Å². The number of rotatable bonds is 6. The van der Waals surface area contributed by atoms with Crippen LogP contribution >= 0.6 is 11.3 Å². The lowest BCUT2D eigenvalue weighted by Crippen LogP contribution is -2.29. The van der Waals surface area contributed by atoms with Crippen molar-refractivity contribution in [3.05, 3.63) is 63.3 Å². The maximum absolute atomic E-state index is 12.3. The van der Waals surface area contributed by atoms with Crippen LogP contribution in [-0.2, 0) is 17.9 Å². The summed E-state index contributed by atoms with van der Waals surface area (Å²) < 4.78 is 6.88. The normalized spacial score (nSPS) is 12.6. The minimum Gasteiger partial charge on any atom is -0.389 e. The van der Waals surface area contributed by atoms with Crippen LogP contribution in [0, 0.1) is 0 Å². The molecule has 0 fully saturated rings. The van der Waals surface area contributed by atoms with Gasteiger partial charge in [-0.2, -0.15) is 0 Å². The highest BCUT2D eigenvalue weighted by atomic mass is 32.1. The van der Waals surface area contributed by atoms with Crippen molar-refractivity contribution >= 4 is 22.2 Å². The number of hydrogen-bond acceptors (Lipinski definition) is 5. The lowest BCUT2D eigenvalue weighted by atomic mass is 10.2. The van der Waals surface area contributed by atoms with Gasteiger partial charge in [0.05, 0.1) is 43.1 Å². The van der Waals surface area contributed by atoms with Crippen LogP contribution < -0.4 is 5.56 Å². The minimum absolute atomic E-state index is 0.150. The molecule has 1 N–H and O–H groups in total. The summed E-state index contributed by atoms with van der Waals surface area (Å²) in [6.45, 7) is 0.817. The number of thiophene rings is 1. The van der Waals surface area contributed by atoms with E-state index in [0.717, 1.165) is 4.88 Å². The largest absolute Gasteiger partial charge is 0.389 e. The third-order valence-electron chi connectivity index (χ3n) is 3.27. The maximum Gasteiger partial charge on any atom is 0.261 e. The fraction of sp³-hybridized carbons (Fsp3) is 0.250. The second-order valence-corrected chi connectivity index (χ2v) is 6.00. The fourth-order valence-corrected chi connectivity index (χ4v) is 2.85. The van der Waals surface area contributed by atoms with Crippen LogP contribution in [0.2, 0.25) is 0 Å². The van der Waals surface area contributed by atoms with Gasteiger partial charge in [0.1, 0.15) is 0 Å². The predicted octanol–water partition coefficient (Wildman–Crippen LogP) is 2.04. The molecule has 0 radical (unpaired) electrons. The first-order valence-electron chi connectivity index (χ1n) is 6.96. The zero-order valence-corrected chi connectivity index (χ0v) is 12.7. The van der Waals surface area contributed by atoms with Crippen molar-refractivity contribution in [3.8, 4) is 0 Å². The molecule has 0 spiro atoms. The molecule has 2 heterocycles. The van der Waals surface area contributed by atoms with Gasteiger partial charge in [0, 0.05) is 4.88 Å². The summed E-state index contributed by atoms with van der Waals surface area (Å²) in [6, 6.07) is 11.1. The Morgan fingerprint density at radius 1 is 1.27 bits per heavy atom. The molecule has 2 aromatic heterocycles. The highest BCUT2D eigenvalue weighted by Gasteiger charge is 2.09. The topological polar surface area (TPSA) is 64.4 Å². The van der Waals surface area contributed by atoms with Crippen molar-refractivity contribution in [3.63, 3.8) is 0 Å². The van der Waals surface area contributed by atoms with E-state index < -0.39 is 6.10 Å². The van der Waals surface area contributed by atoms with Crippen molar-refractivity contribution in [2.45, 2.75) is 19.3 Å². The Labute approximate surface area is 131 Å². The summed E-state index contributed by atoms with van der Waals surface area (Å²) in [7, 11) is 0. The molecule has 1 atom stereocenters. The van der Waals surface area contributed by atoms with Gasteiger partial charge in [0.15, 0.2) is 0 Å². The van der Waals surface area contributed by atoms with E-state index in [-0.39, 0.29) is 18.7 Å². The SMILES string of the molecule is O=c1c2ccccc2ncn1C[C@@H](O)COCc1cccs1. The maximum atomic E-state index is 12.3. The first-order valence-corrected chi connectivity index (χ1v) is 7.84. The molecule has 6 heteroatoms. The monoisotopic (exact) mass is 316 g/mol. The highest BCUT2D eigenvalue weighted by molar-refractivity contribution is 7.09. The average Bonchev–Trinajstić information content (AvgIpc) is 3.04. The van der Waals surface area contributed by atoms with E-state index in [1.54, 1.807) is 29.5 Å². The van der Waals surface area contributed by atoms with E-state index >= 15 is 0 Å². The molecular formula is C16H16N2O3S. The van der Waals surface area contributed by atoms with E-state index in [2.05, 4.69) is 4.98 Å².